The second kappa shape index (κ2) is 9.16. The van der Waals surface area contributed by atoms with Crippen LogP contribution in [0.1, 0.15) is 18.1 Å². The molecule has 3 aromatic carbocycles. The lowest BCUT2D eigenvalue weighted by Crippen LogP contribution is -2.32. The number of anilines is 2. The lowest BCUT2D eigenvalue weighted by molar-refractivity contribution is -0.120. The molecule has 33 heavy (non-hydrogen) atoms. The van der Waals surface area contributed by atoms with Crippen molar-refractivity contribution >= 4 is 28.8 Å². The second-order valence-electron chi connectivity index (χ2n) is 7.46. The number of rotatable bonds is 7. The van der Waals surface area contributed by atoms with Crippen molar-refractivity contribution in [2.24, 2.45) is 0 Å². The first-order chi connectivity index (χ1) is 15.9. The van der Waals surface area contributed by atoms with Gasteiger partial charge in [-0.15, -0.1) is 0 Å². The Morgan fingerprint density at radius 3 is 2.42 bits per heavy atom. The molecule has 0 saturated carbocycles. The van der Waals surface area contributed by atoms with E-state index in [2.05, 4.69) is 5.32 Å². The molecule has 0 aliphatic carbocycles. The Bertz CT molecular complexity index is 1250. The van der Waals surface area contributed by atoms with Crippen molar-refractivity contribution in [3.8, 4) is 11.5 Å². The van der Waals surface area contributed by atoms with E-state index < -0.39 is 17.6 Å². The molecule has 0 saturated heterocycles. The number of amides is 2. The van der Waals surface area contributed by atoms with Crippen LogP contribution in [-0.2, 0) is 9.59 Å². The summed E-state index contributed by atoms with van der Waals surface area (Å²) >= 11 is 0. The van der Waals surface area contributed by atoms with Crippen molar-refractivity contribution in [1.82, 2.24) is 0 Å². The molecule has 0 radical (unpaired) electrons. The maximum atomic E-state index is 13.6. The predicted octanol–water partition coefficient (Wildman–Crippen LogP) is 4.94. The smallest absolute Gasteiger partial charge is 0.282 e. The van der Waals surface area contributed by atoms with Gasteiger partial charge in [0.2, 0.25) is 0 Å². The lowest BCUT2D eigenvalue weighted by Gasteiger charge is -2.17. The fourth-order valence-corrected chi connectivity index (χ4v) is 3.70. The van der Waals surface area contributed by atoms with Crippen LogP contribution in [-0.4, -0.2) is 25.5 Å². The number of methoxy groups -OCH3 is 1. The first-order valence-electron chi connectivity index (χ1n) is 10.5. The van der Waals surface area contributed by atoms with Gasteiger partial charge in [0, 0.05) is 6.07 Å². The Kier molecular flexibility index (Phi) is 6.13. The fourth-order valence-electron chi connectivity index (χ4n) is 3.70. The van der Waals surface area contributed by atoms with Gasteiger partial charge >= 0.3 is 0 Å². The number of hydrogen-bond donors (Lipinski definition) is 1. The molecule has 4 rings (SSSR count). The molecule has 1 aliphatic heterocycles. The van der Waals surface area contributed by atoms with Crippen LogP contribution in [0.5, 0.6) is 11.5 Å². The molecule has 2 amide bonds. The highest BCUT2D eigenvalue weighted by Gasteiger charge is 2.40. The van der Waals surface area contributed by atoms with Crippen LogP contribution in [0.3, 0.4) is 0 Å². The van der Waals surface area contributed by atoms with Crippen LogP contribution in [0.25, 0.3) is 5.57 Å². The summed E-state index contributed by atoms with van der Waals surface area (Å²) < 4.78 is 24.5. The van der Waals surface area contributed by atoms with E-state index in [1.807, 2.05) is 26.0 Å². The molecule has 0 fully saturated rings. The van der Waals surface area contributed by atoms with E-state index in [1.54, 1.807) is 30.3 Å². The van der Waals surface area contributed by atoms with E-state index in [9.17, 15) is 14.0 Å². The number of nitrogens with one attached hydrogen (secondary N) is 1. The quantitative estimate of drug-likeness (QED) is 0.521. The average Bonchev–Trinajstić information content (AvgIpc) is 3.04. The Morgan fingerprint density at radius 2 is 1.73 bits per heavy atom. The monoisotopic (exact) mass is 446 g/mol. The van der Waals surface area contributed by atoms with Gasteiger partial charge in [0.25, 0.3) is 11.8 Å². The minimum atomic E-state index is -0.531. The minimum absolute atomic E-state index is 0.0809. The highest BCUT2D eigenvalue weighted by Crippen LogP contribution is 2.36. The molecule has 0 atom stereocenters. The summed E-state index contributed by atoms with van der Waals surface area (Å²) in [5.74, 6) is -0.428. The van der Waals surface area contributed by atoms with Crippen LogP contribution in [0, 0.1) is 12.7 Å². The standard InChI is InChI=1S/C26H23FN2O4/c1-4-33-20-7-5-6-19(15-20)29-25(30)23(17-9-11-18(27)12-10-17)24(26(29)31)28-21-14-16(2)8-13-22(21)32-3/h5-15,28H,4H2,1-3H3. The third-order valence-electron chi connectivity index (χ3n) is 5.22. The molecular formula is C26H23FN2O4. The number of nitrogens with zero attached hydrogens (tertiary/aromatic N) is 1. The molecule has 168 valence electrons. The molecule has 0 aromatic heterocycles. The van der Waals surface area contributed by atoms with Gasteiger partial charge in [-0.1, -0.05) is 24.3 Å². The van der Waals surface area contributed by atoms with E-state index in [1.165, 1.54) is 31.4 Å². The molecule has 1 aliphatic rings. The second-order valence-corrected chi connectivity index (χ2v) is 7.46. The maximum Gasteiger partial charge on any atom is 0.282 e. The van der Waals surface area contributed by atoms with Gasteiger partial charge < -0.3 is 14.8 Å². The third-order valence-corrected chi connectivity index (χ3v) is 5.22. The van der Waals surface area contributed by atoms with Gasteiger partial charge in [-0.25, -0.2) is 9.29 Å². The number of halogens is 1. The van der Waals surface area contributed by atoms with E-state index in [-0.39, 0.29) is 11.3 Å². The van der Waals surface area contributed by atoms with E-state index >= 15 is 0 Å². The Hall–Kier alpha value is -4.13. The SMILES string of the molecule is CCOc1cccc(N2C(=O)C(Nc3cc(C)ccc3OC)=C(c3ccc(F)cc3)C2=O)c1. The molecule has 0 bridgehead atoms. The number of aryl methyl sites for hydroxylation is 1. The van der Waals surface area contributed by atoms with Gasteiger partial charge in [-0.2, -0.15) is 0 Å². The van der Waals surface area contributed by atoms with E-state index in [0.717, 1.165) is 10.5 Å². The van der Waals surface area contributed by atoms with Crippen molar-refractivity contribution in [3.63, 3.8) is 0 Å². The summed E-state index contributed by atoms with van der Waals surface area (Å²) in [6.07, 6.45) is 0. The summed E-state index contributed by atoms with van der Waals surface area (Å²) in [6, 6.07) is 17.7. The summed E-state index contributed by atoms with van der Waals surface area (Å²) in [5, 5.41) is 3.10. The molecule has 7 heteroatoms. The van der Waals surface area contributed by atoms with Gasteiger partial charge in [-0.05, 0) is 61.4 Å². The van der Waals surface area contributed by atoms with E-state index in [4.69, 9.17) is 9.47 Å². The molecule has 3 aromatic rings. The Morgan fingerprint density at radius 1 is 0.970 bits per heavy atom. The molecule has 1 heterocycles. The first-order valence-corrected chi connectivity index (χ1v) is 10.5. The summed E-state index contributed by atoms with van der Waals surface area (Å²) in [6.45, 7) is 4.21. The van der Waals surface area contributed by atoms with Crippen molar-refractivity contribution in [2.75, 3.05) is 23.9 Å². The van der Waals surface area contributed by atoms with Crippen molar-refractivity contribution in [2.45, 2.75) is 13.8 Å². The Balaban J connectivity index is 1.83. The Labute approximate surface area is 191 Å². The van der Waals surface area contributed by atoms with Gasteiger partial charge in [0.05, 0.1) is 30.7 Å². The zero-order chi connectivity index (χ0) is 23.5. The molecule has 0 unspecified atom stereocenters. The predicted molar refractivity (Wildman–Crippen MR) is 125 cm³/mol. The van der Waals surface area contributed by atoms with E-state index in [0.29, 0.717) is 35.0 Å². The third kappa shape index (κ3) is 4.30. The number of hydrogen-bond acceptors (Lipinski definition) is 5. The van der Waals surface area contributed by atoms with Gasteiger partial charge in [0.15, 0.2) is 0 Å². The maximum absolute atomic E-state index is 13.6. The van der Waals surface area contributed by atoms with Crippen molar-refractivity contribution in [3.05, 3.63) is 89.4 Å². The topological polar surface area (TPSA) is 67.9 Å². The molecule has 0 spiro atoms. The summed E-state index contributed by atoms with van der Waals surface area (Å²) in [5.41, 5.74) is 2.51. The highest BCUT2D eigenvalue weighted by molar-refractivity contribution is 6.46. The van der Waals surface area contributed by atoms with Crippen LogP contribution in [0.15, 0.2) is 72.4 Å². The van der Waals surface area contributed by atoms with Crippen LogP contribution >= 0.6 is 0 Å². The van der Waals surface area contributed by atoms with Crippen molar-refractivity contribution in [1.29, 1.82) is 0 Å². The number of imide groups is 1. The fraction of sp³-hybridized carbons (Fsp3) is 0.154. The van der Waals surface area contributed by atoms with Crippen LogP contribution in [0.2, 0.25) is 0 Å². The number of carbonyl (C=O) groups excluding carboxylic acids is 2. The first kappa shape index (κ1) is 22.1. The number of carbonyl (C=O) groups is 2. The van der Waals surface area contributed by atoms with Crippen LogP contribution < -0.4 is 19.7 Å². The summed E-state index contributed by atoms with van der Waals surface area (Å²) in [7, 11) is 1.53. The summed E-state index contributed by atoms with van der Waals surface area (Å²) in [4.78, 5) is 28.2. The number of benzene rings is 3. The zero-order valence-corrected chi connectivity index (χ0v) is 18.5. The van der Waals surface area contributed by atoms with Gasteiger partial charge in [0.1, 0.15) is 23.0 Å². The average molecular weight is 446 g/mol. The van der Waals surface area contributed by atoms with Crippen LogP contribution in [0.4, 0.5) is 15.8 Å². The minimum Gasteiger partial charge on any atom is -0.495 e. The zero-order valence-electron chi connectivity index (χ0n) is 18.5. The van der Waals surface area contributed by atoms with Crippen molar-refractivity contribution < 1.29 is 23.5 Å². The normalized spacial score (nSPS) is 13.5. The molecular weight excluding hydrogens is 423 g/mol. The van der Waals surface area contributed by atoms with Gasteiger partial charge in [-0.3, -0.25) is 9.59 Å². The molecule has 1 N–H and O–H groups in total. The lowest BCUT2D eigenvalue weighted by atomic mass is 10.0. The number of ether oxygens (including phenoxy) is 2. The highest BCUT2D eigenvalue weighted by atomic mass is 19.1. The molecule has 6 nitrogen and oxygen atoms in total. The largest absolute Gasteiger partial charge is 0.495 e.